The van der Waals surface area contributed by atoms with Crippen LogP contribution in [0.1, 0.15) is 56.6 Å². The van der Waals surface area contributed by atoms with Crippen molar-refractivity contribution in [3.8, 4) is 11.1 Å². The molecule has 2 amide bonds. The summed E-state index contributed by atoms with van der Waals surface area (Å²) in [6.07, 6.45) is 1.87. The molecule has 2 fully saturated rings. The van der Waals surface area contributed by atoms with Gasteiger partial charge in [0, 0.05) is 12.0 Å². The SMILES string of the molecule is CCC(C)(NC(=O)OCC1c2ccccc2-c2ccccc21)C(=O)N[C@@H]1C[C@@H]2CC(C(=O)O)C[C@@H]21. The number of carboxylic acids is 1. The molecule has 2 aromatic carbocycles. The highest BCUT2D eigenvalue weighted by Gasteiger charge is 2.51. The van der Waals surface area contributed by atoms with E-state index < -0.39 is 17.6 Å². The number of nitrogens with one attached hydrogen (secondary N) is 2. The number of fused-ring (bicyclic) bond motifs is 4. The van der Waals surface area contributed by atoms with E-state index in [1.165, 1.54) is 0 Å². The van der Waals surface area contributed by atoms with E-state index in [2.05, 4.69) is 34.9 Å². The van der Waals surface area contributed by atoms with Crippen LogP contribution in [0.2, 0.25) is 0 Å². The van der Waals surface area contributed by atoms with Crippen LogP contribution in [0.25, 0.3) is 11.1 Å². The fourth-order valence-corrected chi connectivity index (χ4v) is 6.09. The van der Waals surface area contributed by atoms with E-state index in [0.29, 0.717) is 25.2 Å². The zero-order chi connectivity index (χ0) is 24.7. The van der Waals surface area contributed by atoms with Gasteiger partial charge < -0.3 is 20.5 Å². The number of hydrogen-bond acceptors (Lipinski definition) is 4. The Morgan fingerprint density at radius 2 is 1.63 bits per heavy atom. The Morgan fingerprint density at radius 3 is 2.23 bits per heavy atom. The van der Waals surface area contributed by atoms with Crippen molar-refractivity contribution in [2.75, 3.05) is 6.61 Å². The van der Waals surface area contributed by atoms with Gasteiger partial charge in [0.15, 0.2) is 0 Å². The first-order valence-electron chi connectivity index (χ1n) is 12.5. The standard InChI is InChI=1S/C28H32N2O5/c1-3-28(2,26(33)29-24-14-16-12-17(25(31)32)13-22(16)24)30-27(34)35-15-23-20-10-6-4-8-18(20)19-9-5-7-11-21(19)23/h4-11,16-17,22-24H,3,12-15H2,1-2H3,(H,29,33)(H,30,34)(H,31,32)/t16-,17?,22-,24+,28?/m0/s1. The van der Waals surface area contributed by atoms with E-state index >= 15 is 0 Å². The van der Waals surface area contributed by atoms with Crippen molar-refractivity contribution in [1.82, 2.24) is 10.6 Å². The molecule has 3 aliphatic carbocycles. The van der Waals surface area contributed by atoms with E-state index in [0.717, 1.165) is 28.7 Å². The Morgan fingerprint density at radius 1 is 1.00 bits per heavy atom. The first kappa shape index (κ1) is 23.4. The number of aliphatic carboxylic acids is 1. The molecule has 7 nitrogen and oxygen atoms in total. The normalized spacial score (nSPS) is 25.9. The van der Waals surface area contributed by atoms with Crippen LogP contribution in [0.5, 0.6) is 0 Å². The first-order valence-corrected chi connectivity index (χ1v) is 12.5. The highest BCUT2D eigenvalue weighted by molar-refractivity contribution is 5.90. The fraction of sp³-hybridized carbons (Fsp3) is 0.464. The molecule has 184 valence electrons. The van der Waals surface area contributed by atoms with Crippen LogP contribution in [-0.2, 0) is 14.3 Å². The molecule has 0 bridgehead atoms. The number of alkyl carbamates (subject to hydrolysis) is 1. The molecule has 3 N–H and O–H groups in total. The molecule has 2 saturated carbocycles. The lowest BCUT2D eigenvalue weighted by Gasteiger charge is -2.42. The van der Waals surface area contributed by atoms with Crippen LogP contribution >= 0.6 is 0 Å². The van der Waals surface area contributed by atoms with E-state index in [1.807, 2.05) is 31.2 Å². The lowest BCUT2D eigenvalue weighted by Crippen LogP contribution is -2.61. The van der Waals surface area contributed by atoms with Gasteiger partial charge in [0.1, 0.15) is 12.1 Å². The summed E-state index contributed by atoms with van der Waals surface area (Å²) in [6.45, 7) is 3.74. The molecule has 7 heteroatoms. The molecule has 0 radical (unpaired) electrons. The molecule has 3 aliphatic rings. The molecule has 0 aliphatic heterocycles. The minimum atomic E-state index is -1.11. The summed E-state index contributed by atoms with van der Waals surface area (Å²) >= 11 is 0. The van der Waals surface area contributed by atoms with Crippen molar-refractivity contribution >= 4 is 18.0 Å². The van der Waals surface area contributed by atoms with Gasteiger partial charge in [-0.3, -0.25) is 9.59 Å². The quantitative estimate of drug-likeness (QED) is 0.552. The van der Waals surface area contributed by atoms with E-state index in [4.69, 9.17) is 4.74 Å². The largest absolute Gasteiger partial charge is 0.481 e. The van der Waals surface area contributed by atoms with Gasteiger partial charge in [0.05, 0.1) is 5.92 Å². The number of carboxylic acid groups (broad SMARTS) is 1. The van der Waals surface area contributed by atoms with E-state index in [1.54, 1.807) is 6.92 Å². The lowest BCUT2D eigenvalue weighted by molar-refractivity contribution is -0.141. The van der Waals surface area contributed by atoms with Gasteiger partial charge in [0.25, 0.3) is 0 Å². The monoisotopic (exact) mass is 476 g/mol. The Hall–Kier alpha value is -3.35. The first-order chi connectivity index (χ1) is 16.8. The molecule has 35 heavy (non-hydrogen) atoms. The maximum absolute atomic E-state index is 13.1. The molecule has 2 aromatic rings. The van der Waals surface area contributed by atoms with Gasteiger partial charge >= 0.3 is 12.1 Å². The average Bonchev–Trinajstić information content (AvgIpc) is 3.36. The maximum Gasteiger partial charge on any atom is 0.408 e. The lowest BCUT2D eigenvalue weighted by atomic mass is 9.71. The van der Waals surface area contributed by atoms with Gasteiger partial charge in [0.2, 0.25) is 5.91 Å². The van der Waals surface area contributed by atoms with Crippen LogP contribution in [0.15, 0.2) is 48.5 Å². The molecular formula is C28H32N2O5. The molecule has 0 heterocycles. The van der Waals surface area contributed by atoms with Crippen molar-refractivity contribution in [2.24, 2.45) is 17.8 Å². The summed E-state index contributed by atoms with van der Waals surface area (Å²) < 4.78 is 5.65. The molecule has 5 atom stereocenters. The zero-order valence-corrected chi connectivity index (χ0v) is 20.1. The summed E-state index contributed by atoms with van der Waals surface area (Å²) in [4.78, 5) is 37.2. The Labute approximate surface area is 205 Å². The maximum atomic E-state index is 13.1. The van der Waals surface area contributed by atoms with Gasteiger partial charge in [-0.15, -0.1) is 0 Å². The van der Waals surface area contributed by atoms with Gasteiger partial charge in [-0.25, -0.2) is 4.79 Å². The van der Waals surface area contributed by atoms with Crippen molar-refractivity contribution in [3.05, 3.63) is 59.7 Å². The van der Waals surface area contributed by atoms with E-state index in [-0.39, 0.29) is 36.3 Å². The van der Waals surface area contributed by atoms with Crippen LogP contribution in [-0.4, -0.2) is 41.3 Å². The summed E-state index contributed by atoms with van der Waals surface area (Å²) in [5.74, 6) is -0.801. The third kappa shape index (κ3) is 4.17. The van der Waals surface area contributed by atoms with Crippen molar-refractivity contribution in [2.45, 2.75) is 57.0 Å². The Kier molecular flexibility index (Phi) is 6.03. The second kappa shape index (κ2) is 9.02. The van der Waals surface area contributed by atoms with Crippen LogP contribution < -0.4 is 10.6 Å². The smallest absolute Gasteiger partial charge is 0.408 e. The molecule has 0 saturated heterocycles. The van der Waals surface area contributed by atoms with Crippen LogP contribution in [0, 0.1) is 17.8 Å². The average molecular weight is 477 g/mol. The molecular weight excluding hydrogens is 444 g/mol. The second-order valence-electron chi connectivity index (χ2n) is 10.4. The third-order valence-electron chi connectivity index (χ3n) is 8.42. The molecule has 2 unspecified atom stereocenters. The number of carbonyl (C=O) groups excluding carboxylic acids is 2. The van der Waals surface area contributed by atoms with Gasteiger partial charge in [-0.1, -0.05) is 55.5 Å². The predicted octanol–water partition coefficient (Wildman–Crippen LogP) is 4.31. The summed E-state index contributed by atoms with van der Waals surface area (Å²) in [6, 6.07) is 16.3. The number of hydrogen-bond donors (Lipinski definition) is 3. The van der Waals surface area contributed by atoms with E-state index in [9.17, 15) is 19.5 Å². The summed E-state index contributed by atoms with van der Waals surface area (Å²) in [7, 11) is 0. The third-order valence-corrected chi connectivity index (χ3v) is 8.42. The number of rotatable bonds is 7. The van der Waals surface area contributed by atoms with Crippen molar-refractivity contribution in [3.63, 3.8) is 0 Å². The Balaban J connectivity index is 1.19. The molecule has 0 aromatic heterocycles. The highest BCUT2D eigenvalue weighted by Crippen LogP contribution is 2.50. The highest BCUT2D eigenvalue weighted by atomic mass is 16.5. The van der Waals surface area contributed by atoms with Crippen molar-refractivity contribution in [1.29, 1.82) is 0 Å². The van der Waals surface area contributed by atoms with Crippen LogP contribution in [0.3, 0.4) is 0 Å². The van der Waals surface area contributed by atoms with Crippen LogP contribution in [0.4, 0.5) is 4.79 Å². The number of carbonyl (C=O) groups is 3. The molecule has 0 spiro atoms. The predicted molar refractivity (Wildman–Crippen MR) is 131 cm³/mol. The zero-order valence-electron chi connectivity index (χ0n) is 20.1. The topological polar surface area (TPSA) is 105 Å². The second-order valence-corrected chi connectivity index (χ2v) is 10.4. The minimum absolute atomic E-state index is 0.0352. The van der Waals surface area contributed by atoms with Crippen molar-refractivity contribution < 1.29 is 24.2 Å². The number of amides is 2. The van der Waals surface area contributed by atoms with Gasteiger partial charge in [-0.2, -0.15) is 0 Å². The van der Waals surface area contributed by atoms with Gasteiger partial charge in [-0.05, 0) is 66.7 Å². The fourth-order valence-electron chi connectivity index (χ4n) is 6.09. The molecule has 5 rings (SSSR count). The number of benzene rings is 2. The Bertz CT molecular complexity index is 1120. The summed E-state index contributed by atoms with van der Waals surface area (Å²) in [5, 5.41) is 15.2. The minimum Gasteiger partial charge on any atom is -0.481 e. The number of ether oxygens (including phenoxy) is 1. The summed E-state index contributed by atoms with van der Waals surface area (Å²) in [5.41, 5.74) is 3.47.